The summed E-state index contributed by atoms with van der Waals surface area (Å²) in [5, 5.41) is 24.5. The smallest absolute Gasteiger partial charge is 0.328 e. The Hall–Kier alpha value is -2.38. The number of carbonyl (C=O) groups is 5. The minimum atomic E-state index is -1.59. The predicted octanol–water partition coefficient (Wildman–Crippen LogP) is -3.94. The summed E-state index contributed by atoms with van der Waals surface area (Å²) in [4.78, 5) is 58.0. The van der Waals surface area contributed by atoms with Crippen LogP contribution in [0.25, 0.3) is 0 Å². The van der Waals surface area contributed by atoms with Gasteiger partial charge in [0, 0.05) is 12.2 Å². The lowest BCUT2D eigenvalue weighted by Gasteiger charge is -2.23. The van der Waals surface area contributed by atoms with Gasteiger partial charge in [0.25, 0.3) is 0 Å². The first-order valence-electron chi connectivity index (χ1n) is 7.93. The van der Waals surface area contributed by atoms with Crippen LogP contribution < -0.4 is 27.4 Å². The molecule has 0 aromatic carbocycles. The van der Waals surface area contributed by atoms with Gasteiger partial charge in [-0.3, -0.25) is 19.2 Å². The number of nitrogens with one attached hydrogen (secondary N) is 3. The van der Waals surface area contributed by atoms with Crippen molar-refractivity contribution in [3.05, 3.63) is 0 Å². The SMILES string of the molecule is CC(N)C(=O)NC(CS)C(=O)NC(CCC(N)=O)C(=O)NC(CO)C(=O)O. The Bertz CT molecular complexity index is 572. The summed E-state index contributed by atoms with van der Waals surface area (Å²) < 4.78 is 0. The van der Waals surface area contributed by atoms with Gasteiger partial charge in [-0.15, -0.1) is 0 Å². The zero-order valence-electron chi connectivity index (χ0n) is 14.7. The number of amides is 4. The average molecular weight is 407 g/mol. The van der Waals surface area contributed by atoms with E-state index in [9.17, 15) is 24.0 Å². The number of carbonyl (C=O) groups excluding carboxylic acids is 4. The molecule has 154 valence electrons. The molecule has 27 heavy (non-hydrogen) atoms. The van der Waals surface area contributed by atoms with Gasteiger partial charge in [0.15, 0.2) is 0 Å². The van der Waals surface area contributed by atoms with Crippen molar-refractivity contribution >= 4 is 42.2 Å². The first kappa shape index (κ1) is 24.6. The van der Waals surface area contributed by atoms with Crippen LogP contribution in [0.15, 0.2) is 0 Å². The van der Waals surface area contributed by atoms with Gasteiger partial charge < -0.3 is 37.6 Å². The van der Waals surface area contributed by atoms with Crippen molar-refractivity contribution in [3.8, 4) is 0 Å². The van der Waals surface area contributed by atoms with Crippen LogP contribution in [0.3, 0.4) is 0 Å². The molecule has 0 fully saturated rings. The van der Waals surface area contributed by atoms with E-state index in [1.807, 2.05) is 5.32 Å². The second-order valence-corrected chi connectivity index (χ2v) is 6.05. The van der Waals surface area contributed by atoms with Crippen molar-refractivity contribution in [2.24, 2.45) is 11.5 Å². The topological polar surface area (TPSA) is 214 Å². The molecule has 13 heteroatoms. The third kappa shape index (κ3) is 9.21. The summed E-state index contributed by atoms with van der Waals surface area (Å²) in [6.45, 7) is 0.536. The van der Waals surface area contributed by atoms with Gasteiger partial charge in [0.1, 0.15) is 18.1 Å². The average Bonchev–Trinajstić information content (AvgIpc) is 2.59. The highest BCUT2D eigenvalue weighted by Gasteiger charge is 2.29. The molecule has 0 spiro atoms. The Kier molecular flexibility index (Phi) is 11.0. The van der Waals surface area contributed by atoms with Crippen molar-refractivity contribution in [2.75, 3.05) is 12.4 Å². The minimum Gasteiger partial charge on any atom is -0.480 e. The normalized spacial score (nSPS) is 15.0. The number of aliphatic hydroxyl groups excluding tert-OH is 1. The fourth-order valence-corrected chi connectivity index (χ4v) is 2.04. The van der Waals surface area contributed by atoms with E-state index >= 15 is 0 Å². The lowest BCUT2D eigenvalue weighted by atomic mass is 10.1. The molecule has 9 N–H and O–H groups in total. The molecule has 0 heterocycles. The Labute approximate surface area is 160 Å². The molecule has 0 rings (SSSR count). The van der Waals surface area contributed by atoms with E-state index in [2.05, 4.69) is 23.3 Å². The number of hydrogen-bond acceptors (Lipinski definition) is 8. The Balaban J connectivity index is 5.18. The van der Waals surface area contributed by atoms with Crippen LogP contribution in [0.1, 0.15) is 19.8 Å². The first-order valence-corrected chi connectivity index (χ1v) is 8.56. The highest BCUT2D eigenvalue weighted by atomic mass is 32.1. The number of primary amides is 1. The summed E-state index contributed by atoms with van der Waals surface area (Å²) in [5.74, 6) is -4.68. The van der Waals surface area contributed by atoms with Gasteiger partial charge in [0.05, 0.1) is 12.6 Å². The van der Waals surface area contributed by atoms with Crippen molar-refractivity contribution in [2.45, 2.75) is 43.9 Å². The molecule has 0 saturated carbocycles. The molecule has 0 saturated heterocycles. The minimum absolute atomic E-state index is 0.108. The van der Waals surface area contributed by atoms with Crippen molar-refractivity contribution in [1.29, 1.82) is 0 Å². The first-order chi connectivity index (χ1) is 12.5. The largest absolute Gasteiger partial charge is 0.480 e. The summed E-state index contributed by atoms with van der Waals surface area (Å²) in [6, 6.07) is -4.92. The van der Waals surface area contributed by atoms with Gasteiger partial charge in [-0.25, -0.2) is 4.79 Å². The summed E-state index contributed by atoms with van der Waals surface area (Å²) in [6.07, 6.45) is -0.488. The van der Waals surface area contributed by atoms with Crippen molar-refractivity contribution in [1.82, 2.24) is 16.0 Å². The Morgan fingerprint density at radius 2 is 1.44 bits per heavy atom. The third-order valence-electron chi connectivity index (χ3n) is 3.34. The van der Waals surface area contributed by atoms with Crippen LogP contribution in [-0.4, -0.2) is 76.3 Å². The lowest BCUT2D eigenvalue weighted by molar-refractivity contribution is -0.143. The van der Waals surface area contributed by atoms with Crippen molar-refractivity contribution < 1.29 is 34.2 Å². The Morgan fingerprint density at radius 3 is 1.85 bits per heavy atom. The van der Waals surface area contributed by atoms with E-state index in [0.717, 1.165) is 0 Å². The molecular weight excluding hydrogens is 382 g/mol. The van der Waals surface area contributed by atoms with Gasteiger partial charge >= 0.3 is 5.97 Å². The maximum absolute atomic E-state index is 12.3. The van der Waals surface area contributed by atoms with Gasteiger partial charge in [-0.1, -0.05) is 0 Å². The molecule has 0 aliphatic carbocycles. The molecular formula is C14H25N5O7S. The van der Waals surface area contributed by atoms with E-state index in [1.54, 1.807) is 0 Å². The van der Waals surface area contributed by atoms with Crippen LogP contribution in [-0.2, 0) is 24.0 Å². The van der Waals surface area contributed by atoms with Crippen molar-refractivity contribution in [3.63, 3.8) is 0 Å². The van der Waals surface area contributed by atoms with Crippen LogP contribution in [0, 0.1) is 0 Å². The predicted molar refractivity (Wildman–Crippen MR) is 96.4 cm³/mol. The molecule has 4 unspecified atom stereocenters. The molecule has 12 nitrogen and oxygen atoms in total. The van der Waals surface area contributed by atoms with Gasteiger partial charge in [0.2, 0.25) is 23.6 Å². The number of carboxylic acids is 1. The summed E-state index contributed by atoms with van der Waals surface area (Å²) >= 11 is 3.95. The van der Waals surface area contributed by atoms with E-state index in [1.165, 1.54) is 6.92 Å². The van der Waals surface area contributed by atoms with Crippen LogP contribution in [0.5, 0.6) is 0 Å². The van der Waals surface area contributed by atoms with Gasteiger partial charge in [-0.05, 0) is 13.3 Å². The number of aliphatic hydroxyl groups is 1. The molecule has 0 aromatic heterocycles. The molecule has 0 aliphatic rings. The number of rotatable bonds is 12. The van der Waals surface area contributed by atoms with Crippen LogP contribution in [0.4, 0.5) is 0 Å². The maximum Gasteiger partial charge on any atom is 0.328 e. The second-order valence-electron chi connectivity index (χ2n) is 5.68. The lowest BCUT2D eigenvalue weighted by Crippen LogP contribution is -2.57. The fourth-order valence-electron chi connectivity index (χ4n) is 1.78. The van der Waals surface area contributed by atoms with Gasteiger partial charge in [-0.2, -0.15) is 12.6 Å². The molecule has 0 aliphatic heterocycles. The van der Waals surface area contributed by atoms with Crippen LogP contribution >= 0.6 is 12.6 Å². The van der Waals surface area contributed by atoms with Crippen LogP contribution in [0.2, 0.25) is 0 Å². The highest BCUT2D eigenvalue weighted by Crippen LogP contribution is 2.01. The number of nitrogens with two attached hydrogens (primary N) is 2. The summed E-state index contributed by atoms with van der Waals surface area (Å²) in [7, 11) is 0. The van der Waals surface area contributed by atoms with E-state index in [0.29, 0.717) is 0 Å². The monoisotopic (exact) mass is 407 g/mol. The van der Waals surface area contributed by atoms with E-state index < -0.39 is 60.4 Å². The number of aliphatic carboxylic acids is 1. The zero-order valence-corrected chi connectivity index (χ0v) is 15.6. The summed E-state index contributed by atoms with van der Waals surface area (Å²) in [5.41, 5.74) is 10.4. The number of carboxylic acid groups (broad SMARTS) is 1. The molecule has 0 aromatic rings. The number of thiol groups is 1. The van der Waals surface area contributed by atoms with E-state index in [4.69, 9.17) is 21.7 Å². The zero-order chi connectivity index (χ0) is 21.1. The third-order valence-corrected chi connectivity index (χ3v) is 3.70. The molecule has 4 atom stereocenters. The molecule has 0 radical (unpaired) electrons. The highest BCUT2D eigenvalue weighted by molar-refractivity contribution is 7.80. The fraction of sp³-hybridized carbons (Fsp3) is 0.643. The maximum atomic E-state index is 12.3. The second kappa shape index (κ2) is 12.1. The van der Waals surface area contributed by atoms with E-state index in [-0.39, 0.29) is 18.6 Å². The Morgan fingerprint density at radius 1 is 0.963 bits per heavy atom. The molecule has 4 amide bonds. The standard InChI is InChI=1S/C14H25N5O7S/c1-6(15)11(22)19-9(5-27)13(24)17-7(2-3-10(16)21)12(23)18-8(4-20)14(25)26/h6-9,20,27H,2-5,15H2,1H3,(H2,16,21)(H,17,24)(H,18,23)(H,19,22)(H,25,26). The number of hydrogen-bond donors (Lipinski definition) is 8. The molecule has 0 bridgehead atoms. The quantitative estimate of drug-likeness (QED) is 0.149.